The highest BCUT2D eigenvalue weighted by Crippen LogP contribution is 2.28. The minimum Gasteiger partial charge on any atom is -0.423 e. The van der Waals surface area contributed by atoms with Crippen LogP contribution in [0.3, 0.4) is 0 Å². The van der Waals surface area contributed by atoms with Crippen molar-refractivity contribution < 1.29 is 9.34 Å². The fraction of sp³-hybridized carbons (Fsp3) is 0.188. The van der Waals surface area contributed by atoms with Gasteiger partial charge in [-0.05, 0) is 29.7 Å². The Hall–Kier alpha value is -2.89. The molecule has 1 aliphatic heterocycles. The number of anilines is 1. The summed E-state index contributed by atoms with van der Waals surface area (Å²) in [5.41, 5.74) is 3.81. The number of para-hydroxylation sites is 2. The minimum atomic E-state index is -0.362. The molecular weight excluding hydrogens is 282 g/mol. The van der Waals surface area contributed by atoms with E-state index in [0.717, 1.165) is 35.2 Å². The van der Waals surface area contributed by atoms with Crippen molar-refractivity contribution in [3.05, 3.63) is 63.7 Å². The number of nitrogens with zero attached hydrogens (tertiary/aromatic N) is 3. The van der Waals surface area contributed by atoms with E-state index >= 15 is 0 Å². The highest BCUT2D eigenvalue weighted by atomic mass is 16.6. The van der Waals surface area contributed by atoms with Gasteiger partial charge in [-0.2, -0.15) is 4.98 Å². The smallest absolute Gasteiger partial charge is 0.298 e. The van der Waals surface area contributed by atoms with Crippen molar-refractivity contribution in [2.24, 2.45) is 0 Å². The Bertz CT molecular complexity index is 839. The zero-order chi connectivity index (χ0) is 15.1. The largest absolute Gasteiger partial charge is 0.423 e. The van der Waals surface area contributed by atoms with Gasteiger partial charge in [0.15, 0.2) is 5.58 Å². The van der Waals surface area contributed by atoms with E-state index < -0.39 is 0 Å². The third kappa shape index (κ3) is 2.09. The number of hydrogen-bond acceptors (Lipinski definition) is 5. The summed E-state index contributed by atoms with van der Waals surface area (Å²) in [5.74, 6) is 0. The lowest BCUT2D eigenvalue weighted by molar-refractivity contribution is -0.384. The van der Waals surface area contributed by atoms with E-state index in [1.807, 2.05) is 35.2 Å². The summed E-state index contributed by atoms with van der Waals surface area (Å²) in [6.07, 6.45) is 0.825. The zero-order valence-corrected chi connectivity index (χ0v) is 11.7. The van der Waals surface area contributed by atoms with Crippen LogP contribution >= 0.6 is 0 Å². The quantitative estimate of drug-likeness (QED) is 0.536. The number of non-ortho nitro benzene ring substituents is 1. The Morgan fingerprint density at radius 2 is 2.05 bits per heavy atom. The van der Waals surface area contributed by atoms with Gasteiger partial charge in [-0.3, -0.25) is 10.1 Å². The molecule has 3 aromatic rings. The molecule has 1 aromatic heterocycles. The maximum atomic E-state index is 10.9. The molecule has 0 bridgehead atoms. The maximum absolute atomic E-state index is 10.9. The first-order valence-corrected chi connectivity index (χ1v) is 7.07. The number of fused-ring (bicyclic) bond motifs is 2. The number of benzene rings is 2. The third-order valence-corrected chi connectivity index (χ3v) is 3.97. The van der Waals surface area contributed by atoms with Gasteiger partial charge < -0.3 is 9.32 Å². The van der Waals surface area contributed by atoms with Crippen molar-refractivity contribution in [2.75, 3.05) is 11.4 Å². The number of aromatic nitrogens is 1. The van der Waals surface area contributed by atoms with Gasteiger partial charge >= 0.3 is 0 Å². The molecule has 4 rings (SSSR count). The second-order valence-corrected chi connectivity index (χ2v) is 5.35. The monoisotopic (exact) mass is 295 g/mol. The van der Waals surface area contributed by atoms with Crippen molar-refractivity contribution in [2.45, 2.75) is 13.0 Å². The van der Waals surface area contributed by atoms with Crippen LogP contribution in [0.1, 0.15) is 11.1 Å². The average Bonchev–Trinajstić information content (AvgIpc) is 2.97. The molecule has 0 radical (unpaired) electrons. The van der Waals surface area contributed by atoms with Gasteiger partial charge in [0.2, 0.25) is 0 Å². The Morgan fingerprint density at radius 1 is 1.18 bits per heavy atom. The van der Waals surface area contributed by atoms with Crippen LogP contribution in [0.5, 0.6) is 0 Å². The number of nitro benzene ring substituents is 1. The molecule has 6 heteroatoms. The molecule has 0 saturated heterocycles. The first-order valence-electron chi connectivity index (χ1n) is 7.07. The molecule has 2 heterocycles. The third-order valence-electron chi connectivity index (χ3n) is 3.97. The van der Waals surface area contributed by atoms with E-state index in [9.17, 15) is 10.1 Å². The van der Waals surface area contributed by atoms with Gasteiger partial charge in [0.1, 0.15) is 5.52 Å². The Balaban J connectivity index is 1.68. The van der Waals surface area contributed by atoms with Crippen LogP contribution in [0.25, 0.3) is 11.1 Å². The highest BCUT2D eigenvalue weighted by Gasteiger charge is 2.22. The summed E-state index contributed by atoms with van der Waals surface area (Å²) < 4.78 is 5.78. The molecule has 2 aromatic carbocycles. The van der Waals surface area contributed by atoms with Crippen LogP contribution in [-0.2, 0) is 13.0 Å². The lowest BCUT2D eigenvalue weighted by Crippen LogP contribution is -2.30. The predicted octanol–water partition coefficient (Wildman–Crippen LogP) is 3.30. The predicted molar refractivity (Wildman–Crippen MR) is 81.9 cm³/mol. The van der Waals surface area contributed by atoms with Gasteiger partial charge in [-0.25, -0.2) is 0 Å². The van der Waals surface area contributed by atoms with Crippen LogP contribution < -0.4 is 4.90 Å². The van der Waals surface area contributed by atoms with E-state index in [1.54, 1.807) is 12.1 Å². The number of oxazole rings is 1. The van der Waals surface area contributed by atoms with Crippen LogP contribution in [0.2, 0.25) is 0 Å². The van der Waals surface area contributed by atoms with Crippen LogP contribution in [0.15, 0.2) is 46.9 Å². The number of rotatable bonds is 2. The normalized spacial score (nSPS) is 14.1. The maximum Gasteiger partial charge on any atom is 0.298 e. The first-order chi connectivity index (χ1) is 10.7. The van der Waals surface area contributed by atoms with E-state index in [1.165, 1.54) is 0 Å². The second kappa shape index (κ2) is 4.84. The fourth-order valence-electron chi connectivity index (χ4n) is 2.82. The van der Waals surface area contributed by atoms with Gasteiger partial charge in [-0.15, -0.1) is 0 Å². The van der Waals surface area contributed by atoms with E-state index in [0.29, 0.717) is 12.6 Å². The minimum absolute atomic E-state index is 0.123. The van der Waals surface area contributed by atoms with Crippen molar-refractivity contribution in [1.29, 1.82) is 0 Å². The lowest BCUT2D eigenvalue weighted by atomic mass is 9.99. The summed E-state index contributed by atoms with van der Waals surface area (Å²) in [6, 6.07) is 13.2. The molecule has 0 saturated carbocycles. The molecule has 0 atom stereocenters. The molecule has 0 unspecified atom stereocenters. The molecule has 110 valence electrons. The molecule has 1 aliphatic rings. The summed E-state index contributed by atoms with van der Waals surface area (Å²) in [4.78, 5) is 17.1. The molecule has 0 fully saturated rings. The van der Waals surface area contributed by atoms with Gasteiger partial charge in [0.05, 0.1) is 4.92 Å². The Labute approximate surface area is 126 Å². The summed E-state index contributed by atoms with van der Waals surface area (Å²) in [7, 11) is 0. The van der Waals surface area contributed by atoms with Crippen LogP contribution in [0.4, 0.5) is 11.7 Å². The summed E-state index contributed by atoms with van der Waals surface area (Å²) in [6.45, 7) is 1.36. The van der Waals surface area contributed by atoms with Gasteiger partial charge in [-0.1, -0.05) is 18.2 Å². The standard InChI is InChI=1S/C16H13N3O3/c20-19(21)13-6-5-11-7-8-18(10-12(11)9-13)16-17-14-3-1-2-4-15(14)22-16/h1-6,9H,7-8,10H2. The van der Waals surface area contributed by atoms with E-state index in [2.05, 4.69) is 4.98 Å². The van der Waals surface area contributed by atoms with E-state index in [-0.39, 0.29) is 10.6 Å². The van der Waals surface area contributed by atoms with Crippen molar-refractivity contribution in [3.63, 3.8) is 0 Å². The summed E-state index contributed by atoms with van der Waals surface area (Å²) in [5, 5.41) is 10.9. The Morgan fingerprint density at radius 3 is 2.86 bits per heavy atom. The Kier molecular flexibility index (Phi) is 2.82. The first kappa shape index (κ1) is 12.8. The van der Waals surface area contributed by atoms with Crippen molar-refractivity contribution >= 4 is 22.8 Å². The second-order valence-electron chi connectivity index (χ2n) is 5.35. The van der Waals surface area contributed by atoms with Crippen molar-refractivity contribution in [3.8, 4) is 0 Å². The van der Waals surface area contributed by atoms with Crippen LogP contribution in [-0.4, -0.2) is 16.5 Å². The molecule has 0 spiro atoms. The van der Waals surface area contributed by atoms with Gasteiger partial charge in [0.25, 0.3) is 11.7 Å². The lowest BCUT2D eigenvalue weighted by Gasteiger charge is -2.27. The highest BCUT2D eigenvalue weighted by molar-refractivity contribution is 5.74. The topological polar surface area (TPSA) is 72.4 Å². The van der Waals surface area contributed by atoms with Crippen molar-refractivity contribution in [1.82, 2.24) is 4.98 Å². The zero-order valence-electron chi connectivity index (χ0n) is 11.7. The molecular formula is C16H13N3O3. The van der Waals surface area contributed by atoms with Crippen LogP contribution in [0, 0.1) is 10.1 Å². The molecule has 0 aliphatic carbocycles. The SMILES string of the molecule is O=[N+]([O-])c1ccc2c(c1)CN(c1nc3ccccc3o1)CC2. The average molecular weight is 295 g/mol. The molecule has 6 nitrogen and oxygen atoms in total. The van der Waals surface area contributed by atoms with E-state index in [4.69, 9.17) is 4.42 Å². The summed E-state index contributed by atoms with van der Waals surface area (Å²) >= 11 is 0. The number of nitro groups is 1. The molecule has 0 amide bonds. The number of hydrogen-bond donors (Lipinski definition) is 0. The van der Waals surface area contributed by atoms with Gasteiger partial charge in [0, 0.05) is 25.2 Å². The molecule has 0 N–H and O–H groups in total. The fourth-order valence-corrected chi connectivity index (χ4v) is 2.82. The molecule has 22 heavy (non-hydrogen) atoms.